The number of hydrogen-bond acceptors (Lipinski definition) is 6. The predicted octanol–water partition coefficient (Wildman–Crippen LogP) is 3.66. The van der Waals surface area contributed by atoms with Crippen LogP contribution in [0.25, 0.3) is 0 Å². The molecule has 0 aliphatic heterocycles. The summed E-state index contributed by atoms with van der Waals surface area (Å²) in [5.41, 5.74) is 0.971. The van der Waals surface area contributed by atoms with Crippen LogP contribution in [0.3, 0.4) is 0 Å². The molecule has 6 nitrogen and oxygen atoms in total. The molecule has 33 heavy (non-hydrogen) atoms. The molecule has 3 aromatic carbocycles. The van der Waals surface area contributed by atoms with E-state index in [1.165, 1.54) is 37.4 Å². The summed E-state index contributed by atoms with van der Waals surface area (Å²) < 4.78 is 49.0. The normalized spacial score (nSPS) is 12.0. The number of rotatable bonds is 11. The number of hydrogen-bond donors (Lipinski definition) is 2. The molecule has 0 saturated heterocycles. The Morgan fingerprint density at radius 2 is 1.67 bits per heavy atom. The minimum Gasteiger partial charge on any atom is -0.497 e. The lowest BCUT2D eigenvalue weighted by molar-refractivity contribution is 0.106. The van der Waals surface area contributed by atoms with E-state index in [1.807, 2.05) is 0 Å². The van der Waals surface area contributed by atoms with Crippen molar-refractivity contribution in [2.24, 2.45) is 0 Å². The van der Waals surface area contributed by atoms with Crippen LogP contribution in [0.15, 0.2) is 82.6 Å². The minimum atomic E-state index is -3.62. The van der Waals surface area contributed by atoms with Crippen molar-refractivity contribution in [3.63, 3.8) is 0 Å². The van der Waals surface area contributed by atoms with Crippen LogP contribution < -0.4 is 14.8 Å². The first-order valence-electron chi connectivity index (χ1n) is 10.1. The molecule has 0 saturated carbocycles. The molecule has 0 heterocycles. The number of nitrogens with one attached hydrogen (secondary N) is 1. The summed E-state index contributed by atoms with van der Waals surface area (Å²) >= 11 is 0. The van der Waals surface area contributed by atoms with Crippen LogP contribution in [-0.2, 0) is 16.3 Å². The smallest absolute Gasteiger partial charge is 0.206 e. The highest BCUT2D eigenvalue weighted by Crippen LogP contribution is 2.24. The van der Waals surface area contributed by atoms with Crippen molar-refractivity contribution in [1.82, 2.24) is 5.32 Å². The van der Waals surface area contributed by atoms with Gasteiger partial charge in [0.05, 0.1) is 16.9 Å². The first-order valence-corrected chi connectivity index (χ1v) is 11.6. The van der Waals surface area contributed by atoms with Gasteiger partial charge in [-0.05, 0) is 73.1 Å². The number of halogens is 2. The van der Waals surface area contributed by atoms with E-state index < -0.39 is 15.9 Å². The van der Waals surface area contributed by atoms with Gasteiger partial charge in [-0.1, -0.05) is 18.2 Å². The van der Waals surface area contributed by atoms with Crippen LogP contribution in [0.1, 0.15) is 5.56 Å². The molecule has 0 aliphatic rings. The van der Waals surface area contributed by atoms with Gasteiger partial charge in [-0.3, -0.25) is 0 Å². The molecule has 0 radical (unpaired) electrons. The lowest BCUT2D eigenvalue weighted by Gasteiger charge is -2.13. The number of aliphatic hydroxyl groups excluding tert-OH is 1. The molecule has 1 atom stereocenters. The van der Waals surface area contributed by atoms with E-state index in [0.717, 1.165) is 5.56 Å². The third-order valence-corrected chi connectivity index (χ3v) is 6.58. The number of sulfone groups is 1. The fourth-order valence-corrected chi connectivity index (χ4v) is 4.32. The van der Waals surface area contributed by atoms with Gasteiger partial charge in [-0.2, -0.15) is 0 Å². The average molecular weight is 496 g/mol. The Labute approximate surface area is 199 Å². The second-order valence-electron chi connectivity index (χ2n) is 7.20. The topological polar surface area (TPSA) is 84.9 Å². The van der Waals surface area contributed by atoms with E-state index in [1.54, 1.807) is 42.5 Å². The van der Waals surface area contributed by atoms with Crippen LogP contribution in [-0.4, -0.2) is 46.4 Å². The van der Waals surface area contributed by atoms with Crippen LogP contribution in [0.4, 0.5) is 4.39 Å². The van der Waals surface area contributed by atoms with Crippen LogP contribution >= 0.6 is 12.4 Å². The molecule has 3 aromatic rings. The van der Waals surface area contributed by atoms with Crippen LogP contribution in [0.5, 0.6) is 11.5 Å². The Hall–Kier alpha value is -2.65. The van der Waals surface area contributed by atoms with Gasteiger partial charge in [0.15, 0.2) is 0 Å². The van der Waals surface area contributed by atoms with Crippen LogP contribution in [0, 0.1) is 5.82 Å². The summed E-state index contributed by atoms with van der Waals surface area (Å²) in [6.45, 7) is 1.04. The molecular weight excluding hydrogens is 469 g/mol. The molecule has 3 rings (SSSR count). The van der Waals surface area contributed by atoms with Crippen molar-refractivity contribution in [2.75, 3.05) is 26.8 Å². The van der Waals surface area contributed by atoms with Gasteiger partial charge in [0, 0.05) is 6.54 Å². The van der Waals surface area contributed by atoms with E-state index in [4.69, 9.17) is 9.47 Å². The lowest BCUT2D eigenvalue weighted by Crippen LogP contribution is -2.32. The Balaban J connectivity index is 0.00000385. The minimum absolute atomic E-state index is 0. The van der Waals surface area contributed by atoms with E-state index in [0.29, 0.717) is 31.0 Å². The van der Waals surface area contributed by atoms with Gasteiger partial charge < -0.3 is 19.9 Å². The molecule has 2 N–H and O–H groups in total. The van der Waals surface area contributed by atoms with Crippen molar-refractivity contribution >= 4 is 22.2 Å². The van der Waals surface area contributed by atoms with E-state index >= 15 is 0 Å². The Morgan fingerprint density at radius 1 is 0.970 bits per heavy atom. The molecule has 0 unspecified atom stereocenters. The largest absolute Gasteiger partial charge is 0.497 e. The average Bonchev–Trinajstić information content (AvgIpc) is 2.82. The highest BCUT2D eigenvalue weighted by atomic mass is 35.5. The Morgan fingerprint density at radius 3 is 2.33 bits per heavy atom. The summed E-state index contributed by atoms with van der Waals surface area (Å²) in [6.07, 6.45) is -0.0409. The molecule has 0 bridgehead atoms. The van der Waals surface area contributed by atoms with Crippen molar-refractivity contribution in [3.05, 3.63) is 84.2 Å². The summed E-state index contributed by atoms with van der Waals surface area (Å²) in [5, 5.41) is 13.1. The van der Waals surface area contributed by atoms with Gasteiger partial charge in [-0.15, -0.1) is 12.4 Å². The zero-order valence-corrected chi connectivity index (χ0v) is 19.7. The predicted molar refractivity (Wildman–Crippen MR) is 127 cm³/mol. The third-order valence-electron chi connectivity index (χ3n) is 4.81. The van der Waals surface area contributed by atoms with E-state index in [-0.39, 0.29) is 34.6 Å². The maximum atomic E-state index is 12.9. The SMILES string of the molecule is COc1cccc(S(=O)(=O)c2ccc(CCNC[C@H](O)COc3ccc(F)cc3)cc2)c1.Cl. The van der Waals surface area contributed by atoms with Crippen molar-refractivity contribution in [2.45, 2.75) is 22.3 Å². The maximum Gasteiger partial charge on any atom is 0.206 e. The molecule has 0 spiro atoms. The quantitative estimate of drug-likeness (QED) is 0.395. The van der Waals surface area contributed by atoms with Gasteiger partial charge in [0.2, 0.25) is 9.84 Å². The highest BCUT2D eigenvalue weighted by molar-refractivity contribution is 7.91. The zero-order valence-electron chi connectivity index (χ0n) is 18.1. The van der Waals surface area contributed by atoms with Crippen molar-refractivity contribution in [3.8, 4) is 11.5 Å². The first kappa shape index (κ1) is 26.6. The maximum absolute atomic E-state index is 12.9. The molecule has 0 amide bonds. The summed E-state index contributed by atoms with van der Waals surface area (Å²) in [6, 6.07) is 18.7. The second kappa shape index (κ2) is 12.6. The van der Waals surface area contributed by atoms with Crippen molar-refractivity contribution < 1.29 is 27.4 Å². The van der Waals surface area contributed by atoms with Gasteiger partial charge in [0.1, 0.15) is 30.0 Å². The van der Waals surface area contributed by atoms with E-state index in [2.05, 4.69) is 5.32 Å². The Kier molecular flexibility index (Phi) is 10.1. The Bertz CT molecular complexity index is 1110. The van der Waals surface area contributed by atoms with E-state index in [9.17, 15) is 17.9 Å². The fraction of sp³-hybridized carbons (Fsp3) is 0.250. The fourth-order valence-electron chi connectivity index (χ4n) is 3.02. The third kappa shape index (κ3) is 7.71. The molecule has 0 aromatic heterocycles. The summed E-state index contributed by atoms with van der Waals surface area (Å²) in [5.74, 6) is 0.638. The molecule has 0 aliphatic carbocycles. The van der Waals surface area contributed by atoms with Gasteiger partial charge in [-0.25, -0.2) is 12.8 Å². The summed E-state index contributed by atoms with van der Waals surface area (Å²) in [7, 11) is -2.13. The zero-order chi connectivity index (χ0) is 23.0. The lowest BCUT2D eigenvalue weighted by atomic mass is 10.1. The number of ether oxygens (including phenoxy) is 2. The van der Waals surface area contributed by atoms with Crippen molar-refractivity contribution in [1.29, 1.82) is 0 Å². The molecule has 178 valence electrons. The standard InChI is InChI=1S/C24H26FNO5S.ClH/c1-30-22-3-2-4-24(15-22)32(28,29)23-11-5-18(6-12-23)13-14-26-16-20(27)17-31-21-9-7-19(25)8-10-21;/h2-12,15,20,26-27H,13-14,16-17H2,1H3;1H/t20-;/m0./s1. The number of aliphatic hydroxyl groups is 1. The number of methoxy groups -OCH3 is 1. The number of benzene rings is 3. The first-order chi connectivity index (χ1) is 15.4. The molecule has 9 heteroatoms. The second-order valence-corrected chi connectivity index (χ2v) is 9.15. The van der Waals surface area contributed by atoms with Gasteiger partial charge in [0.25, 0.3) is 0 Å². The van der Waals surface area contributed by atoms with Crippen LogP contribution in [0.2, 0.25) is 0 Å². The monoisotopic (exact) mass is 495 g/mol. The molecular formula is C24H27ClFNO5S. The highest BCUT2D eigenvalue weighted by Gasteiger charge is 2.18. The summed E-state index contributed by atoms with van der Waals surface area (Å²) in [4.78, 5) is 0.402. The van der Waals surface area contributed by atoms with Gasteiger partial charge >= 0.3 is 0 Å². The molecule has 0 fully saturated rings.